The first-order chi connectivity index (χ1) is 19.0. The maximum Gasteiger partial charge on any atom is 0.338 e. The SMILES string of the molecule is C#CCOc1ccc(/C=c2\sc3n(c2=O)[C@@H](c2cccs2)C(C(=O)OCC)=C(c2ccccc2)N=3)cc1OC. The Balaban J connectivity index is 1.72. The molecule has 0 spiro atoms. The van der Waals surface area contributed by atoms with E-state index >= 15 is 0 Å². The van der Waals surface area contributed by atoms with Gasteiger partial charge in [-0.15, -0.1) is 17.8 Å². The molecule has 9 heteroatoms. The van der Waals surface area contributed by atoms with E-state index < -0.39 is 12.0 Å². The smallest absolute Gasteiger partial charge is 0.338 e. The fourth-order valence-corrected chi connectivity index (χ4v) is 6.14. The van der Waals surface area contributed by atoms with Crippen LogP contribution >= 0.6 is 22.7 Å². The number of nitrogens with zero attached hydrogens (tertiary/aromatic N) is 2. The molecule has 0 bridgehead atoms. The molecule has 0 unspecified atom stereocenters. The number of carbonyl (C=O) groups is 1. The van der Waals surface area contributed by atoms with Gasteiger partial charge in [0, 0.05) is 10.4 Å². The summed E-state index contributed by atoms with van der Waals surface area (Å²) in [7, 11) is 1.54. The van der Waals surface area contributed by atoms with Gasteiger partial charge in [-0.2, -0.15) is 0 Å². The Hall–Kier alpha value is -4.39. The molecule has 4 aromatic rings. The number of thiazole rings is 1. The van der Waals surface area contributed by atoms with Gasteiger partial charge in [0.15, 0.2) is 16.3 Å². The summed E-state index contributed by atoms with van der Waals surface area (Å²) in [4.78, 5) is 33.5. The van der Waals surface area contributed by atoms with Gasteiger partial charge in [-0.25, -0.2) is 9.79 Å². The van der Waals surface area contributed by atoms with Crippen LogP contribution in [0.1, 0.15) is 29.0 Å². The van der Waals surface area contributed by atoms with Crippen LogP contribution in [0, 0.1) is 12.3 Å². The van der Waals surface area contributed by atoms with Gasteiger partial charge in [0.1, 0.15) is 12.6 Å². The van der Waals surface area contributed by atoms with E-state index in [2.05, 4.69) is 5.92 Å². The average Bonchev–Trinajstić information content (AvgIpc) is 3.60. The maximum absolute atomic E-state index is 13.9. The third-order valence-electron chi connectivity index (χ3n) is 5.98. The second kappa shape index (κ2) is 11.6. The molecule has 0 saturated carbocycles. The van der Waals surface area contributed by atoms with Crippen LogP contribution in [0.5, 0.6) is 11.5 Å². The average molecular weight is 557 g/mol. The predicted octanol–water partition coefficient (Wildman–Crippen LogP) is 4.02. The number of esters is 1. The van der Waals surface area contributed by atoms with Crippen molar-refractivity contribution in [1.29, 1.82) is 0 Å². The molecule has 2 aromatic carbocycles. The number of fused-ring (bicyclic) bond motifs is 1. The number of methoxy groups -OCH3 is 1. The molecule has 5 rings (SSSR count). The van der Waals surface area contributed by atoms with E-state index in [0.717, 1.165) is 16.0 Å². The highest BCUT2D eigenvalue weighted by atomic mass is 32.1. The summed E-state index contributed by atoms with van der Waals surface area (Å²) in [6.07, 6.45) is 7.08. The molecule has 196 valence electrons. The lowest BCUT2D eigenvalue weighted by atomic mass is 9.97. The summed E-state index contributed by atoms with van der Waals surface area (Å²) < 4.78 is 18.5. The lowest BCUT2D eigenvalue weighted by molar-refractivity contribution is -0.138. The predicted molar refractivity (Wildman–Crippen MR) is 153 cm³/mol. The summed E-state index contributed by atoms with van der Waals surface area (Å²) in [6, 6.07) is 18.0. The van der Waals surface area contributed by atoms with Crippen LogP contribution in [0.2, 0.25) is 0 Å². The number of hydrogen-bond donors (Lipinski definition) is 0. The number of carbonyl (C=O) groups excluding carboxylic acids is 1. The van der Waals surface area contributed by atoms with Crippen molar-refractivity contribution in [3.8, 4) is 23.8 Å². The second-order valence-electron chi connectivity index (χ2n) is 8.35. The first-order valence-electron chi connectivity index (χ1n) is 12.1. The lowest BCUT2D eigenvalue weighted by Crippen LogP contribution is -2.39. The van der Waals surface area contributed by atoms with E-state index in [1.165, 1.54) is 22.7 Å². The Morgan fingerprint density at radius 2 is 1.97 bits per heavy atom. The number of benzene rings is 2. The highest BCUT2D eigenvalue weighted by Crippen LogP contribution is 2.37. The fraction of sp³-hybridized carbons (Fsp3) is 0.167. The first kappa shape index (κ1) is 26.2. The molecular weight excluding hydrogens is 532 g/mol. The Morgan fingerprint density at radius 3 is 2.67 bits per heavy atom. The van der Waals surface area contributed by atoms with E-state index in [0.29, 0.717) is 32.1 Å². The molecule has 0 saturated heterocycles. The summed E-state index contributed by atoms with van der Waals surface area (Å²) in [5.41, 5.74) is 2.09. The van der Waals surface area contributed by atoms with Gasteiger partial charge in [0.25, 0.3) is 5.56 Å². The molecular formula is C30H24N2O5S2. The van der Waals surface area contributed by atoms with E-state index in [9.17, 15) is 9.59 Å². The molecule has 1 aliphatic rings. The van der Waals surface area contributed by atoms with Crippen LogP contribution in [0.3, 0.4) is 0 Å². The Kier molecular flexibility index (Phi) is 7.77. The highest BCUT2D eigenvalue weighted by molar-refractivity contribution is 7.10. The van der Waals surface area contributed by atoms with Gasteiger partial charge in [-0.1, -0.05) is 59.7 Å². The van der Waals surface area contributed by atoms with Crippen molar-refractivity contribution in [3.63, 3.8) is 0 Å². The molecule has 1 atom stereocenters. The molecule has 1 aliphatic heterocycles. The lowest BCUT2D eigenvalue weighted by Gasteiger charge is -2.24. The van der Waals surface area contributed by atoms with Crippen LogP contribution in [0.15, 0.2) is 81.4 Å². The zero-order valence-electron chi connectivity index (χ0n) is 21.2. The number of hydrogen-bond acceptors (Lipinski definition) is 8. The number of aromatic nitrogens is 1. The number of thiophene rings is 1. The quantitative estimate of drug-likeness (QED) is 0.242. The molecule has 0 amide bonds. The topological polar surface area (TPSA) is 79.1 Å². The van der Waals surface area contributed by atoms with Crippen LogP contribution in [0.4, 0.5) is 0 Å². The molecule has 0 fully saturated rings. The van der Waals surface area contributed by atoms with Crippen LogP contribution in [-0.2, 0) is 9.53 Å². The van der Waals surface area contributed by atoms with Crippen molar-refractivity contribution in [2.45, 2.75) is 13.0 Å². The van der Waals surface area contributed by atoms with Gasteiger partial charge >= 0.3 is 5.97 Å². The normalized spacial score (nSPS) is 14.8. The van der Waals surface area contributed by atoms with E-state index in [1.807, 2.05) is 53.9 Å². The molecule has 0 N–H and O–H groups in total. The first-order valence-corrected chi connectivity index (χ1v) is 13.8. The molecule has 2 aromatic heterocycles. The molecule has 3 heterocycles. The molecule has 0 radical (unpaired) electrons. The van der Waals surface area contributed by atoms with E-state index in [4.69, 9.17) is 25.6 Å². The summed E-state index contributed by atoms with van der Waals surface area (Å²) in [6.45, 7) is 2.07. The van der Waals surface area contributed by atoms with Crippen molar-refractivity contribution < 1.29 is 19.0 Å². The number of ether oxygens (including phenoxy) is 3. The van der Waals surface area contributed by atoms with Gasteiger partial charge in [-0.05, 0) is 42.1 Å². The Bertz CT molecular complexity index is 1760. The third-order valence-corrected chi connectivity index (χ3v) is 7.89. The van der Waals surface area contributed by atoms with Gasteiger partial charge in [0.05, 0.1) is 29.5 Å². The van der Waals surface area contributed by atoms with Gasteiger partial charge in [0.2, 0.25) is 0 Å². The summed E-state index contributed by atoms with van der Waals surface area (Å²) in [5.74, 6) is 2.94. The molecule has 0 aliphatic carbocycles. The Morgan fingerprint density at radius 1 is 1.15 bits per heavy atom. The number of rotatable bonds is 8. The minimum atomic E-state index is -0.674. The second-order valence-corrected chi connectivity index (χ2v) is 10.3. The number of terminal acetylenes is 1. The van der Waals surface area contributed by atoms with Crippen LogP contribution in [-0.4, -0.2) is 30.9 Å². The van der Waals surface area contributed by atoms with Gasteiger partial charge in [-0.3, -0.25) is 9.36 Å². The van der Waals surface area contributed by atoms with Gasteiger partial charge < -0.3 is 14.2 Å². The zero-order chi connectivity index (χ0) is 27.4. The van der Waals surface area contributed by atoms with E-state index in [1.54, 1.807) is 36.8 Å². The minimum Gasteiger partial charge on any atom is -0.493 e. The van der Waals surface area contributed by atoms with Crippen molar-refractivity contribution in [2.24, 2.45) is 4.99 Å². The van der Waals surface area contributed by atoms with E-state index in [-0.39, 0.29) is 18.8 Å². The van der Waals surface area contributed by atoms with Crippen molar-refractivity contribution in [1.82, 2.24) is 4.57 Å². The molecule has 39 heavy (non-hydrogen) atoms. The third kappa shape index (κ3) is 5.17. The standard InChI is InChI=1S/C30H24N2O5S2/c1-4-15-37-21-14-13-19(17-22(21)35-3)18-24-28(33)32-27(23-12-9-16-38-23)25(29(34)36-5-2)26(31-30(32)39-24)20-10-7-6-8-11-20/h1,6-14,16-18,27H,5,15H2,2-3H3/b24-18-/t27-/m0/s1. The van der Waals surface area contributed by atoms with Crippen molar-refractivity contribution in [3.05, 3.63) is 107 Å². The fourth-order valence-electron chi connectivity index (χ4n) is 4.32. The summed E-state index contributed by atoms with van der Waals surface area (Å²) >= 11 is 2.73. The van der Waals surface area contributed by atoms with Crippen molar-refractivity contribution >= 4 is 40.4 Å². The maximum atomic E-state index is 13.9. The Labute approximate surface area is 233 Å². The van der Waals surface area contributed by atoms with Crippen LogP contribution in [0.25, 0.3) is 11.8 Å². The van der Waals surface area contributed by atoms with Crippen molar-refractivity contribution in [2.75, 3.05) is 20.3 Å². The minimum absolute atomic E-state index is 0.115. The summed E-state index contributed by atoms with van der Waals surface area (Å²) in [5, 5.41) is 1.92. The monoisotopic (exact) mass is 556 g/mol. The largest absolute Gasteiger partial charge is 0.493 e. The zero-order valence-corrected chi connectivity index (χ0v) is 22.9. The van der Waals surface area contributed by atoms with Crippen LogP contribution < -0.4 is 24.4 Å². The highest BCUT2D eigenvalue weighted by Gasteiger charge is 2.35. The molecule has 7 nitrogen and oxygen atoms in total.